The largest absolute Gasteiger partial charge is 0.591 e. The van der Waals surface area contributed by atoms with Gasteiger partial charge >= 0.3 is 6.18 Å². The van der Waals surface area contributed by atoms with Crippen molar-refractivity contribution in [3.05, 3.63) is 35.4 Å². The van der Waals surface area contributed by atoms with E-state index in [1.807, 2.05) is 0 Å². The third kappa shape index (κ3) is 4.34. The van der Waals surface area contributed by atoms with Crippen LogP contribution in [0.4, 0.5) is 13.2 Å². The van der Waals surface area contributed by atoms with Crippen molar-refractivity contribution < 1.29 is 17.7 Å². The van der Waals surface area contributed by atoms with E-state index in [2.05, 4.69) is 4.40 Å². The van der Waals surface area contributed by atoms with Crippen LogP contribution in [0.3, 0.4) is 0 Å². The molecule has 0 fully saturated rings. The predicted octanol–water partition coefficient (Wildman–Crippen LogP) is 3.59. The van der Waals surface area contributed by atoms with Gasteiger partial charge in [-0.15, -0.1) is 0 Å². The second-order valence-corrected chi connectivity index (χ2v) is 6.65. The Morgan fingerprint density at radius 2 is 1.83 bits per heavy atom. The number of nitrogens with zero attached hydrogens (tertiary/aromatic N) is 1. The topological polar surface area (TPSA) is 35.4 Å². The zero-order valence-corrected chi connectivity index (χ0v) is 11.1. The zero-order chi connectivity index (χ0) is 14.0. The number of rotatable bonds is 2. The maximum Gasteiger partial charge on any atom is 0.416 e. The number of hydrogen-bond acceptors (Lipinski definition) is 2. The summed E-state index contributed by atoms with van der Waals surface area (Å²) < 4.78 is 52.2. The molecule has 0 bridgehead atoms. The summed E-state index contributed by atoms with van der Waals surface area (Å²) in [6.07, 6.45) is -3.18. The third-order valence-corrected chi connectivity index (χ3v) is 3.38. The van der Waals surface area contributed by atoms with Crippen LogP contribution in [0.25, 0.3) is 0 Å². The predicted molar refractivity (Wildman–Crippen MR) is 66.9 cm³/mol. The van der Waals surface area contributed by atoms with Crippen molar-refractivity contribution in [1.82, 2.24) is 0 Å². The Morgan fingerprint density at radius 1 is 1.22 bits per heavy atom. The van der Waals surface area contributed by atoms with E-state index in [0.717, 1.165) is 12.1 Å². The molecule has 0 saturated carbocycles. The van der Waals surface area contributed by atoms with Crippen molar-refractivity contribution >= 4 is 17.6 Å². The summed E-state index contributed by atoms with van der Waals surface area (Å²) in [6, 6.07) is 4.74. The number of alkyl halides is 3. The van der Waals surface area contributed by atoms with E-state index in [1.165, 1.54) is 18.3 Å². The van der Waals surface area contributed by atoms with Crippen molar-refractivity contribution in [2.45, 2.75) is 31.7 Å². The first-order chi connectivity index (χ1) is 8.10. The van der Waals surface area contributed by atoms with E-state index in [1.54, 1.807) is 20.8 Å². The van der Waals surface area contributed by atoms with Crippen LogP contribution in [0.15, 0.2) is 28.7 Å². The molecule has 2 nitrogen and oxygen atoms in total. The maximum absolute atomic E-state index is 12.5. The van der Waals surface area contributed by atoms with Gasteiger partial charge in [-0.1, -0.05) is 16.5 Å². The Hall–Kier alpha value is -1.01. The summed E-state index contributed by atoms with van der Waals surface area (Å²) in [5.41, 5.74) is -0.463. The molecule has 0 saturated heterocycles. The van der Waals surface area contributed by atoms with Gasteiger partial charge in [-0.05, 0) is 38.5 Å². The lowest BCUT2D eigenvalue weighted by Gasteiger charge is -2.17. The van der Waals surface area contributed by atoms with Gasteiger partial charge in [0.2, 0.25) is 0 Å². The number of halogens is 3. The van der Waals surface area contributed by atoms with Gasteiger partial charge in [-0.25, -0.2) is 0 Å². The molecule has 0 aliphatic rings. The highest BCUT2D eigenvalue weighted by Crippen LogP contribution is 2.29. The number of benzene rings is 1. The van der Waals surface area contributed by atoms with Crippen LogP contribution >= 0.6 is 0 Å². The molecule has 0 heterocycles. The van der Waals surface area contributed by atoms with Crippen LogP contribution in [-0.4, -0.2) is 15.5 Å². The maximum atomic E-state index is 12.5. The molecule has 18 heavy (non-hydrogen) atoms. The fourth-order valence-corrected chi connectivity index (χ4v) is 1.60. The summed E-state index contributed by atoms with van der Waals surface area (Å²) in [5, 5.41) is 0. The molecule has 1 rings (SSSR count). The first-order valence-electron chi connectivity index (χ1n) is 5.24. The smallest absolute Gasteiger partial charge is 0.416 e. The molecule has 0 aromatic heterocycles. The molecule has 0 radical (unpaired) electrons. The minimum Gasteiger partial charge on any atom is -0.591 e. The van der Waals surface area contributed by atoms with Crippen molar-refractivity contribution in [3.8, 4) is 0 Å². The van der Waals surface area contributed by atoms with Gasteiger partial charge in [0, 0.05) is 0 Å². The van der Waals surface area contributed by atoms with E-state index < -0.39 is 27.8 Å². The lowest BCUT2D eigenvalue weighted by Crippen LogP contribution is -2.25. The summed E-state index contributed by atoms with van der Waals surface area (Å²) in [6.45, 7) is 5.23. The fourth-order valence-electron chi connectivity index (χ4n) is 1.06. The molecule has 1 atom stereocenters. The Labute approximate surface area is 107 Å². The fraction of sp³-hybridized carbons (Fsp3) is 0.417. The SMILES string of the molecule is CC(C)(C)[S@@+]([O-])/N=C/c1cccc(C(F)(F)F)c1. The van der Waals surface area contributed by atoms with E-state index >= 15 is 0 Å². The molecule has 0 N–H and O–H groups in total. The van der Waals surface area contributed by atoms with Crippen molar-refractivity contribution in [3.63, 3.8) is 0 Å². The molecule has 0 aliphatic carbocycles. The van der Waals surface area contributed by atoms with Gasteiger partial charge in [0.1, 0.15) is 16.1 Å². The summed E-state index contributed by atoms with van der Waals surface area (Å²) in [5.74, 6) is 0. The van der Waals surface area contributed by atoms with Crippen LogP contribution in [0.2, 0.25) is 0 Å². The molecule has 1 aromatic carbocycles. The standard InChI is InChI=1S/C12H14F3NOS/c1-11(2,3)18(17)16-8-9-5-4-6-10(7-9)12(13,14)15/h4-8H,1-3H3/b16-8+/t18-/m1/s1. The highest BCUT2D eigenvalue weighted by Gasteiger charge is 2.30. The van der Waals surface area contributed by atoms with Gasteiger partial charge in [-0.3, -0.25) is 0 Å². The average Bonchev–Trinajstić information content (AvgIpc) is 2.23. The normalized spacial score (nSPS) is 15.1. The van der Waals surface area contributed by atoms with Crippen LogP contribution in [-0.2, 0) is 17.5 Å². The van der Waals surface area contributed by atoms with E-state index in [-0.39, 0.29) is 5.56 Å². The highest BCUT2D eigenvalue weighted by molar-refractivity contribution is 7.91. The molecular weight excluding hydrogens is 263 g/mol. The van der Waals surface area contributed by atoms with Crippen LogP contribution in [0.1, 0.15) is 31.9 Å². The van der Waals surface area contributed by atoms with E-state index in [0.29, 0.717) is 0 Å². The minimum atomic E-state index is -4.38. The summed E-state index contributed by atoms with van der Waals surface area (Å²) in [4.78, 5) is 0. The van der Waals surface area contributed by atoms with Gasteiger partial charge in [0.25, 0.3) is 0 Å². The second-order valence-electron chi connectivity index (χ2n) is 4.72. The molecule has 0 unspecified atom stereocenters. The van der Waals surface area contributed by atoms with E-state index in [9.17, 15) is 17.7 Å². The van der Waals surface area contributed by atoms with Gasteiger partial charge in [0.15, 0.2) is 0 Å². The second kappa shape index (κ2) is 5.32. The first kappa shape index (κ1) is 15.0. The Kier molecular flexibility index (Phi) is 4.45. The highest BCUT2D eigenvalue weighted by atomic mass is 32.2. The minimum absolute atomic E-state index is 0.280. The van der Waals surface area contributed by atoms with Gasteiger partial charge in [0.05, 0.1) is 11.8 Å². The van der Waals surface area contributed by atoms with Crippen molar-refractivity contribution in [2.24, 2.45) is 4.40 Å². The van der Waals surface area contributed by atoms with Crippen molar-refractivity contribution in [1.29, 1.82) is 0 Å². The van der Waals surface area contributed by atoms with Crippen LogP contribution in [0, 0.1) is 0 Å². The van der Waals surface area contributed by atoms with Gasteiger partial charge < -0.3 is 4.55 Å². The molecule has 0 aliphatic heterocycles. The zero-order valence-electron chi connectivity index (χ0n) is 10.3. The van der Waals surface area contributed by atoms with Crippen LogP contribution in [0.5, 0.6) is 0 Å². The molecule has 6 heteroatoms. The molecular formula is C12H14F3NOS. The quantitative estimate of drug-likeness (QED) is 0.601. The average molecular weight is 277 g/mol. The van der Waals surface area contributed by atoms with Crippen LogP contribution < -0.4 is 0 Å². The van der Waals surface area contributed by atoms with Crippen molar-refractivity contribution in [2.75, 3.05) is 0 Å². The number of hydrogen-bond donors (Lipinski definition) is 0. The van der Waals surface area contributed by atoms with E-state index in [4.69, 9.17) is 0 Å². The summed E-state index contributed by atoms with van der Waals surface area (Å²) in [7, 11) is 0. The first-order valence-corrected chi connectivity index (χ1v) is 6.35. The Bertz CT molecular complexity index is 438. The molecule has 100 valence electrons. The molecule has 0 amide bonds. The monoisotopic (exact) mass is 277 g/mol. The summed E-state index contributed by atoms with van der Waals surface area (Å²) >= 11 is -1.48. The lowest BCUT2D eigenvalue weighted by atomic mass is 10.1. The third-order valence-electron chi connectivity index (χ3n) is 2.04. The molecule has 1 aromatic rings. The Morgan fingerprint density at radius 3 is 2.33 bits per heavy atom. The van der Waals surface area contributed by atoms with Gasteiger partial charge in [-0.2, -0.15) is 13.2 Å². The lowest BCUT2D eigenvalue weighted by molar-refractivity contribution is -0.137. The molecule has 0 spiro atoms. The Balaban J connectivity index is 2.90.